The number of nitrogens with one attached hydrogen (secondary N) is 1. The molecular weight excluding hydrogens is 354 g/mol. The predicted octanol–water partition coefficient (Wildman–Crippen LogP) is 4.35. The van der Waals surface area contributed by atoms with E-state index >= 15 is 0 Å². The van der Waals surface area contributed by atoms with Crippen LogP contribution in [0.15, 0.2) is 47.3 Å². The molecule has 2 aromatic heterocycles. The van der Waals surface area contributed by atoms with Crippen molar-refractivity contribution in [3.8, 4) is 0 Å². The molecule has 0 saturated carbocycles. The Morgan fingerprint density at radius 3 is 2.84 bits per heavy atom. The molecule has 1 aliphatic heterocycles. The summed E-state index contributed by atoms with van der Waals surface area (Å²) in [6, 6.07) is 9.98. The fourth-order valence-electron chi connectivity index (χ4n) is 3.31. The number of carbonyl (C=O) groups is 1. The molecule has 1 saturated heterocycles. The molecule has 6 heteroatoms. The molecule has 1 aromatic carbocycles. The zero-order chi connectivity index (χ0) is 17.2. The van der Waals surface area contributed by atoms with Crippen molar-refractivity contribution in [2.45, 2.75) is 18.9 Å². The highest BCUT2D eigenvalue weighted by atomic mass is 35.5. The standard InChI is InChI=1S/C19H18ClN3OS/c20-14-1-2-16-17(11-14)21-7-3-18(16)23-8-4-15(5-9-23)22-19(24)13-6-10-25-12-13/h1-3,6-7,10-12,15H,4-5,8-9H2,(H,22,24). The van der Waals surface area contributed by atoms with Crippen LogP contribution >= 0.6 is 22.9 Å². The van der Waals surface area contributed by atoms with Crippen LogP contribution in [-0.4, -0.2) is 30.0 Å². The number of amides is 1. The maximum Gasteiger partial charge on any atom is 0.252 e. The number of carbonyl (C=O) groups excluding carboxylic acids is 1. The van der Waals surface area contributed by atoms with Crippen molar-refractivity contribution < 1.29 is 4.79 Å². The van der Waals surface area contributed by atoms with Crippen LogP contribution < -0.4 is 10.2 Å². The van der Waals surface area contributed by atoms with E-state index in [-0.39, 0.29) is 11.9 Å². The van der Waals surface area contributed by atoms with Gasteiger partial charge >= 0.3 is 0 Å². The van der Waals surface area contributed by atoms with Gasteiger partial charge in [0.15, 0.2) is 0 Å². The largest absolute Gasteiger partial charge is 0.371 e. The van der Waals surface area contributed by atoms with Crippen LogP contribution in [0.4, 0.5) is 5.69 Å². The first-order valence-corrected chi connectivity index (χ1v) is 9.65. The van der Waals surface area contributed by atoms with Crippen molar-refractivity contribution in [3.05, 3.63) is 57.9 Å². The molecule has 1 aliphatic rings. The topological polar surface area (TPSA) is 45.2 Å². The number of fused-ring (bicyclic) bond motifs is 1. The van der Waals surface area contributed by atoms with Gasteiger partial charge in [-0.25, -0.2) is 0 Å². The molecule has 0 spiro atoms. The third-order valence-corrected chi connectivity index (χ3v) is 5.55. The summed E-state index contributed by atoms with van der Waals surface area (Å²) in [4.78, 5) is 19.0. The van der Waals surface area contributed by atoms with E-state index < -0.39 is 0 Å². The molecule has 4 rings (SSSR count). The van der Waals surface area contributed by atoms with Gasteiger partial charge in [0.05, 0.1) is 5.52 Å². The average molecular weight is 372 g/mol. The van der Waals surface area contributed by atoms with Crippen LogP contribution in [0.3, 0.4) is 0 Å². The van der Waals surface area contributed by atoms with E-state index in [2.05, 4.69) is 21.3 Å². The summed E-state index contributed by atoms with van der Waals surface area (Å²) in [6.07, 6.45) is 3.71. The average Bonchev–Trinajstić information content (AvgIpc) is 3.16. The molecule has 0 aliphatic carbocycles. The summed E-state index contributed by atoms with van der Waals surface area (Å²) in [6.45, 7) is 1.83. The summed E-state index contributed by atoms with van der Waals surface area (Å²) in [5, 5.41) is 8.78. The molecule has 3 aromatic rings. The highest BCUT2D eigenvalue weighted by Crippen LogP contribution is 2.29. The van der Waals surface area contributed by atoms with Crippen molar-refractivity contribution in [1.29, 1.82) is 0 Å². The second kappa shape index (κ2) is 7.02. The summed E-state index contributed by atoms with van der Waals surface area (Å²) < 4.78 is 0. The molecular formula is C19H18ClN3OS. The van der Waals surface area contributed by atoms with E-state index in [9.17, 15) is 4.79 Å². The van der Waals surface area contributed by atoms with Crippen LogP contribution in [0, 0.1) is 0 Å². The maximum atomic E-state index is 12.2. The van der Waals surface area contributed by atoms with E-state index in [1.807, 2.05) is 41.2 Å². The quantitative estimate of drug-likeness (QED) is 0.744. The van der Waals surface area contributed by atoms with E-state index in [1.165, 1.54) is 5.69 Å². The Labute approximate surface area is 155 Å². The van der Waals surface area contributed by atoms with E-state index in [1.54, 1.807) is 11.3 Å². The maximum absolute atomic E-state index is 12.2. The normalized spacial score (nSPS) is 15.5. The number of halogens is 1. The Hall–Kier alpha value is -2.11. The minimum absolute atomic E-state index is 0.0312. The van der Waals surface area contributed by atoms with Gasteiger partial charge < -0.3 is 10.2 Å². The lowest BCUT2D eigenvalue weighted by molar-refractivity contribution is 0.0931. The molecule has 1 amide bonds. The molecule has 0 bridgehead atoms. The number of thiophene rings is 1. The third kappa shape index (κ3) is 3.48. The van der Waals surface area contributed by atoms with Crippen molar-refractivity contribution in [3.63, 3.8) is 0 Å². The molecule has 0 radical (unpaired) electrons. The van der Waals surface area contributed by atoms with Crippen LogP contribution in [-0.2, 0) is 0 Å². The Morgan fingerprint density at radius 2 is 2.08 bits per heavy atom. The monoisotopic (exact) mass is 371 g/mol. The second-order valence-electron chi connectivity index (χ2n) is 6.24. The Kier molecular flexibility index (Phi) is 4.59. The Morgan fingerprint density at radius 1 is 1.24 bits per heavy atom. The third-order valence-electron chi connectivity index (χ3n) is 4.64. The first-order chi connectivity index (χ1) is 12.2. The van der Waals surface area contributed by atoms with Gasteiger partial charge in [-0.2, -0.15) is 11.3 Å². The number of benzene rings is 1. The summed E-state index contributed by atoms with van der Waals surface area (Å²) >= 11 is 7.62. The van der Waals surface area contributed by atoms with Gasteiger partial charge in [0.25, 0.3) is 5.91 Å². The van der Waals surface area contributed by atoms with Crippen molar-refractivity contribution in [2.75, 3.05) is 18.0 Å². The smallest absolute Gasteiger partial charge is 0.252 e. The molecule has 25 heavy (non-hydrogen) atoms. The summed E-state index contributed by atoms with van der Waals surface area (Å²) in [5.74, 6) is 0.0312. The van der Waals surface area contributed by atoms with Crippen LogP contribution in [0.25, 0.3) is 10.9 Å². The van der Waals surface area contributed by atoms with Gasteiger partial charge in [0.2, 0.25) is 0 Å². The van der Waals surface area contributed by atoms with Gasteiger partial charge in [0.1, 0.15) is 0 Å². The van der Waals surface area contributed by atoms with Crippen LogP contribution in [0.1, 0.15) is 23.2 Å². The summed E-state index contributed by atoms with van der Waals surface area (Å²) in [7, 11) is 0. The van der Waals surface area contributed by atoms with Crippen LogP contribution in [0.5, 0.6) is 0 Å². The second-order valence-corrected chi connectivity index (χ2v) is 7.45. The van der Waals surface area contributed by atoms with E-state index in [0.717, 1.165) is 42.4 Å². The first kappa shape index (κ1) is 16.4. The van der Waals surface area contributed by atoms with Crippen LogP contribution in [0.2, 0.25) is 5.02 Å². The van der Waals surface area contributed by atoms with Gasteiger partial charge in [-0.15, -0.1) is 0 Å². The lowest BCUT2D eigenvalue weighted by atomic mass is 10.0. The minimum Gasteiger partial charge on any atom is -0.371 e. The Balaban J connectivity index is 1.45. The fraction of sp³-hybridized carbons (Fsp3) is 0.263. The molecule has 1 N–H and O–H groups in total. The fourth-order valence-corrected chi connectivity index (χ4v) is 4.11. The highest BCUT2D eigenvalue weighted by Gasteiger charge is 2.22. The number of pyridine rings is 1. The number of hydrogen-bond donors (Lipinski definition) is 1. The van der Waals surface area contributed by atoms with Gasteiger partial charge in [0, 0.05) is 52.4 Å². The molecule has 0 atom stereocenters. The zero-order valence-electron chi connectivity index (χ0n) is 13.6. The predicted molar refractivity (Wildman–Crippen MR) is 104 cm³/mol. The number of nitrogens with zero attached hydrogens (tertiary/aromatic N) is 2. The van der Waals surface area contributed by atoms with Gasteiger partial charge in [-0.05, 0) is 48.6 Å². The molecule has 1 fully saturated rings. The van der Waals surface area contributed by atoms with E-state index in [4.69, 9.17) is 11.6 Å². The van der Waals surface area contributed by atoms with Gasteiger partial charge in [-0.1, -0.05) is 11.6 Å². The number of rotatable bonds is 3. The van der Waals surface area contributed by atoms with Crippen molar-refractivity contribution >= 4 is 45.4 Å². The number of hydrogen-bond acceptors (Lipinski definition) is 4. The molecule has 3 heterocycles. The van der Waals surface area contributed by atoms with Crippen molar-refractivity contribution in [2.24, 2.45) is 0 Å². The lowest BCUT2D eigenvalue weighted by Gasteiger charge is -2.34. The number of anilines is 1. The van der Waals surface area contributed by atoms with E-state index in [0.29, 0.717) is 5.02 Å². The highest BCUT2D eigenvalue weighted by molar-refractivity contribution is 7.08. The summed E-state index contributed by atoms with van der Waals surface area (Å²) in [5.41, 5.74) is 2.85. The molecule has 0 unspecified atom stereocenters. The Bertz CT molecular complexity index is 889. The van der Waals surface area contributed by atoms with Gasteiger partial charge in [-0.3, -0.25) is 9.78 Å². The zero-order valence-corrected chi connectivity index (χ0v) is 15.2. The lowest BCUT2D eigenvalue weighted by Crippen LogP contribution is -2.44. The first-order valence-electron chi connectivity index (χ1n) is 8.33. The molecule has 128 valence electrons. The minimum atomic E-state index is 0.0312. The number of aromatic nitrogens is 1. The SMILES string of the molecule is O=C(NC1CCN(c2ccnc3cc(Cl)ccc23)CC1)c1ccsc1. The number of piperidine rings is 1. The molecule has 4 nitrogen and oxygen atoms in total. The van der Waals surface area contributed by atoms with Crippen molar-refractivity contribution in [1.82, 2.24) is 10.3 Å².